The third kappa shape index (κ3) is 1.84. The molecule has 1 saturated heterocycles. The molecule has 4 nitrogen and oxygen atoms in total. The van der Waals surface area contributed by atoms with Crippen LogP contribution in [0.1, 0.15) is 6.42 Å². The van der Waals surface area contributed by atoms with E-state index in [1.807, 2.05) is 0 Å². The SMILES string of the molecule is C1CNNNNC1. The van der Waals surface area contributed by atoms with E-state index in [4.69, 9.17) is 0 Å². The second-order valence-corrected chi connectivity index (χ2v) is 1.46. The van der Waals surface area contributed by atoms with Gasteiger partial charge in [0.1, 0.15) is 0 Å². The maximum atomic E-state index is 2.92. The van der Waals surface area contributed by atoms with E-state index in [0.717, 1.165) is 19.5 Å². The second-order valence-electron chi connectivity index (χ2n) is 1.46. The molecule has 0 amide bonds. The minimum atomic E-state index is 1.01. The van der Waals surface area contributed by atoms with Crippen LogP contribution < -0.4 is 21.9 Å². The van der Waals surface area contributed by atoms with E-state index in [1.165, 1.54) is 0 Å². The van der Waals surface area contributed by atoms with E-state index in [2.05, 4.69) is 21.9 Å². The summed E-state index contributed by atoms with van der Waals surface area (Å²) in [5, 5.41) is 0. The molecule has 0 unspecified atom stereocenters. The lowest BCUT2D eigenvalue weighted by molar-refractivity contribution is 0.420. The highest BCUT2D eigenvalue weighted by atomic mass is 15.7. The minimum absolute atomic E-state index is 1.01. The molecular formula is C3H10N4. The van der Waals surface area contributed by atoms with Crippen LogP contribution in [0.2, 0.25) is 0 Å². The molecule has 0 aliphatic carbocycles. The van der Waals surface area contributed by atoms with Gasteiger partial charge in [0.05, 0.1) is 0 Å². The summed E-state index contributed by atoms with van der Waals surface area (Å²) in [5.74, 6) is 0. The minimum Gasteiger partial charge on any atom is -0.243 e. The van der Waals surface area contributed by atoms with Crippen LogP contribution in [0.5, 0.6) is 0 Å². The number of nitrogens with one attached hydrogen (secondary N) is 4. The molecular weight excluding hydrogens is 92.1 g/mol. The average molecular weight is 102 g/mol. The van der Waals surface area contributed by atoms with Gasteiger partial charge in [-0.15, -0.1) is 0 Å². The van der Waals surface area contributed by atoms with Crippen molar-refractivity contribution < 1.29 is 0 Å². The van der Waals surface area contributed by atoms with Gasteiger partial charge in [-0.1, -0.05) is 0 Å². The molecule has 0 bridgehead atoms. The van der Waals surface area contributed by atoms with Crippen LogP contribution in [-0.2, 0) is 0 Å². The Hall–Kier alpha value is -0.160. The fourth-order valence-electron chi connectivity index (χ4n) is 0.479. The summed E-state index contributed by atoms with van der Waals surface area (Å²) in [7, 11) is 0. The largest absolute Gasteiger partial charge is 0.243 e. The van der Waals surface area contributed by atoms with Crippen molar-refractivity contribution in [1.82, 2.24) is 21.9 Å². The molecule has 1 aliphatic rings. The predicted octanol–water partition coefficient (Wildman–Crippen LogP) is -1.51. The normalized spacial score (nSPS) is 24.0. The van der Waals surface area contributed by atoms with E-state index in [9.17, 15) is 0 Å². The Balaban J connectivity index is 2.04. The zero-order valence-electron chi connectivity index (χ0n) is 4.12. The third-order valence-corrected chi connectivity index (χ3v) is 0.843. The topological polar surface area (TPSA) is 48.1 Å². The molecule has 0 aromatic carbocycles. The molecule has 42 valence electrons. The average Bonchev–Trinajstić information content (AvgIpc) is 1.90. The molecule has 1 rings (SSSR count). The highest BCUT2D eigenvalue weighted by Gasteiger charge is 1.89. The van der Waals surface area contributed by atoms with Gasteiger partial charge >= 0.3 is 0 Å². The van der Waals surface area contributed by atoms with Gasteiger partial charge in [-0.3, -0.25) is 0 Å². The maximum Gasteiger partial charge on any atom is 0.0126 e. The zero-order valence-corrected chi connectivity index (χ0v) is 4.12. The van der Waals surface area contributed by atoms with Gasteiger partial charge in [0.15, 0.2) is 0 Å². The van der Waals surface area contributed by atoms with E-state index in [1.54, 1.807) is 0 Å². The van der Waals surface area contributed by atoms with Gasteiger partial charge in [0.2, 0.25) is 0 Å². The Labute approximate surface area is 42.6 Å². The van der Waals surface area contributed by atoms with Crippen LogP contribution in [0.25, 0.3) is 0 Å². The number of hydrazine groups is 3. The Morgan fingerprint density at radius 1 is 0.857 bits per heavy atom. The molecule has 0 atom stereocenters. The first-order valence-electron chi connectivity index (χ1n) is 2.46. The molecule has 0 aromatic rings. The lowest BCUT2D eigenvalue weighted by Gasteiger charge is -1.98. The first kappa shape index (κ1) is 4.99. The Morgan fingerprint density at radius 2 is 1.43 bits per heavy atom. The highest BCUT2D eigenvalue weighted by Crippen LogP contribution is 1.69. The van der Waals surface area contributed by atoms with Crippen molar-refractivity contribution in [1.29, 1.82) is 0 Å². The Morgan fingerprint density at radius 3 is 2.00 bits per heavy atom. The summed E-state index contributed by atoms with van der Waals surface area (Å²) < 4.78 is 0. The quantitative estimate of drug-likeness (QED) is 0.300. The molecule has 0 aromatic heterocycles. The van der Waals surface area contributed by atoms with Crippen molar-refractivity contribution in [3.63, 3.8) is 0 Å². The van der Waals surface area contributed by atoms with Gasteiger partial charge in [-0.25, -0.2) is 10.9 Å². The zero-order chi connectivity index (χ0) is 4.95. The van der Waals surface area contributed by atoms with Gasteiger partial charge in [0, 0.05) is 13.1 Å². The lowest BCUT2D eigenvalue weighted by atomic mass is 10.4. The standard InChI is InChI=1S/C3H10N4/c1-2-4-6-7-5-3-1/h4-7H,1-3H2. The molecule has 0 saturated carbocycles. The fraction of sp³-hybridized carbons (Fsp3) is 1.00. The van der Waals surface area contributed by atoms with Gasteiger partial charge in [-0.2, -0.15) is 11.1 Å². The molecule has 7 heavy (non-hydrogen) atoms. The summed E-state index contributed by atoms with van der Waals surface area (Å²) in [5.41, 5.74) is 11.3. The van der Waals surface area contributed by atoms with E-state index >= 15 is 0 Å². The van der Waals surface area contributed by atoms with E-state index < -0.39 is 0 Å². The van der Waals surface area contributed by atoms with Crippen molar-refractivity contribution in [2.45, 2.75) is 6.42 Å². The second kappa shape index (κ2) is 2.92. The van der Waals surface area contributed by atoms with Gasteiger partial charge < -0.3 is 0 Å². The summed E-state index contributed by atoms with van der Waals surface area (Å²) in [6.07, 6.45) is 1.15. The molecule has 4 N–H and O–H groups in total. The maximum absolute atomic E-state index is 2.92. The van der Waals surface area contributed by atoms with Crippen LogP contribution >= 0.6 is 0 Å². The van der Waals surface area contributed by atoms with Crippen LogP contribution in [-0.4, -0.2) is 13.1 Å². The fourth-order valence-corrected chi connectivity index (χ4v) is 0.479. The molecule has 0 spiro atoms. The summed E-state index contributed by atoms with van der Waals surface area (Å²) >= 11 is 0. The Kier molecular flexibility index (Phi) is 2.08. The van der Waals surface area contributed by atoms with E-state index in [-0.39, 0.29) is 0 Å². The first-order valence-corrected chi connectivity index (χ1v) is 2.46. The highest BCUT2D eigenvalue weighted by molar-refractivity contribution is 4.45. The molecule has 1 heterocycles. The van der Waals surface area contributed by atoms with Crippen molar-refractivity contribution in [2.24, 2.45) is 0 Å². The van der Waals surface area contributed by atoms with Crippen molar-refractivity contribution in [3.05, 3.63) is 0 Å². The van der Waals surface area contributed by atoms with Crippen LogP contribution in [0, 0.1) is 0 Å². The monoisotopic (exact) mass is 102 g/mol. The number of rotatable bonds is 0. The van der Waals surface area contributed by atoms with Gasteiger partial charge in [0.25, 0.3) is 0 Å². The lowest BCUT2D eigenvalue weighted by Crippen LogP contribution is -2.47. The van der Waals surface area contributed by atoms with Crippen LogP contribution in [0.15, 0.2) is 0 Å². The predicted molar refractivity (Wildman–Crippen MR) is 26.9 cm³/mol. The molecule has 4 heteroatoms. The summed E-state index contributed by atoms with van der Waals surface area (Å²) in [4.78, 5) is 0. The van der Waals surface area contributed by atoms with Crippen molar-refractivity contribution in [2.75, 3.05) is 13.1 Å². The van der Waals surface area contributed by atoms with Crippen LogP contribution in [0.4, 0.5) is 0 Å². The smallest absolute Gasteiger partial charge is 0.0126 e. The summed E-state index contributed by atoms with van der Waals surface area (Å²) in [6, 6.07) is 0. The van der Waals surface area contributed by atoms with Crippen LogP contribution in [0.3, 0.4) is 0 Å². The first-order chi connectivity index (χ1) is 3.50. The third-order valence-electron chi connectivity index (χ3n) is 0.843. The number of hydrogen-bond donors (Lipinski definition) is 4. The molecule has 1 fully saturated rings. The number of hydrogen-bond acceptors (Lipinski definition) is 4. The van der Waals surface area contributed by atoms with Crippen molar-refractivity contribution in [3.8, 4) is 0 Å². The van der Waals surface area contributed by atoms with Crippen molar-refractivity contribution >= 4 is 0 Å². The van der Waals surface area contributed by atoms with Gasteiger partial charge in [-0.05, 0) is 6.42 Å². The Bertz CT molecular complexity index is 26.5. The summed E-state index contributed by atoms with van der Waals surface area (Å²) in [6.45, 7) is 2.03. The molecule has 1 aliphatic heterocycles. The molecule has 0 radical (unpaired) electrons. The van der Waals surface area contributed by atoms with E-state index in [0.29, 0.717) is 0 Å².